The number of carboxylic acid groups (broad SMARTS) is 1. The van der Waals surface area contributed by atoms with Crippen LogP contribution in [-0.2, 0) is 19.7 Å². The Morgan fingerprint density at radius 2 is 1.87 bits per heavy atom. The molecule has 9 nitrogen and oxygen atoms in total. The molecule has 1 saturated heterocycles. The molecule has 0 radical (unpaired) electrons. The number of amides is 1. The quantitative estimate of drug-likeness (QED) is 0.363. The van der Waals surface area contributed by atoms with Gasteiger partial charge in [-0.15, -0.1) is 5.10 Å². The molecule has 1 atom stereocenters. The Balaban J connectivity index is 1.61. The summed E-state index contributed by atoms with van der Waals surface area (Å²) in [4.78, 5) is 22.3. The van der Waals surface area contributed by atoms with E-state index in [2.05, 4.69) is 15.5 Å². The van der Waals surface area contributed by atoms with Gasteiger partial charge in [0, 0.05) is 5.02 Å². The van der Waals surface area contributed by atoms with Crippen molar-refractivity contribution in [1.82, 2.24) is 5.32 Å². The molecule has 1 aliphatic heterocycles. The van der Waals surface area contributed by atoms with E-state index in [1.165, 1.54) is 42.6 Å². The van der Waals surface area contributed by atoms with Crippen molar-refractivity contribution in [2.45, 2.75) is 16.6 Å². The molecular formula is C18H14ClN3O6S2. The summed E-state index contributed by atoms with van der Waals surface area (Å²) in [5.74, 6) is -1.39. The third-order valence-electron chi connectivity index (χ3n) is 3.68. The normalized spacial score (nSPS) is 18.0. The summed E-state index contributed by atoms with van der Waals surface area (Å²) in [6.45, 7) is 0. The SMILES string of the molecule is O=C(O)C[C@H]1S/C(=N\N=C/c2ccc(OS(=O)(=O)c3ccc(Cl)cc3)cc2)NC1=O. The van der Waals surface area contributed by atoms with Gasteiger partial charge in [-0.2, -0.15) is 13.5 Å². The second-order valence-electron chi connectivity index (χ2n) is 5.90. The molecule has 0 unspecified atom stereocenters. The van der Waals surface area contributed by atoms with Gasteiger partial charge < -0.3 is 14.6 Å². The third kappa shape index (κ3) is 5.81. The average Bonchev–Trinajstić information content (AvgIpc) is 3.02. The fourth-order valence-corrected chi connectivity index (χ4v) is 4.25. The predicted octanol–water partition coefficient (Wildman–Crippen LogP) is 2.50. The Bertz CT molecular complexity index is 1120. The Hall–Kier alpha value is -2.89. The van der Waals surface area contributed by atoms with Gasteiger partial charge in [0.1, 0.15) is 15.9 Å². The van der Waals surface area contributed by atoms with Crippen LogP contribution >= 0.6 is 23.4 Å². The number of carboxylic acids is 1. The zero-order valence-corrected chi connectivity index (χ0v) is 17.4. The van der Waals surface area contributed by atoms with Crippen molar-refractivity contribution in [2.24, 2.45) is 10.2 Å². The number of carbonyl (C=O) groups excluding carboxylic acids is 1. The van der Waals surface area contributed by atoms with Crippen LogP contribution in [0.4, 0.5) is 0 Å². The van der Waals surface area contributed by atoms with Crippen LogP contribution in [-0.4, -0.2) is 42.0 Å². The van der Waals surface area contributed by atoms with E-state index in [0.29, 0.717) is 10.6 Å². The van der Waals surface area contributed by atoms with Gasteiger partial charge in [-0.05, 0) is 54.1 Å². The highest BCUT2D eigenvalue weighted by Gasteiger charge is 2.32. The number of hydrogen-bond acceptors (Lipinski definition) is 8. The Kier molecular flexibility index (Phi) is 6.75. The molecule has 0 spiro atoms. The molecule has 1 fully saturated rings. The second-order valence-corrected chi connectivity index (χ2v) is 9.08. The number of benzene rings is 2. The largest absolute Gasteiger partial charge is 0.481 e. The van der Waals surface area contributed by atoms with Crippen LogP contribution in [0.5, 0.6) is 5.75 Å². The van der Waals surface area contributed by atoms with Gasteiger partial charge in [0.15, 0.2) is 5.17 Å². The Morgan fingerprint density at radius 1 is 1.20 bits per heavy atom. The van der Waals surface area contributed by atoms with E-state index in [1.807, 2.05) is 0 Å². The summed E-state index contributed by atoms with van der Waals surface area (Å²) in [7, 11) is -3.99. The fourth-order valence-electron chi connectivity index (χ4n) is 2.28. The zero-order valence-electron chi connectivity index (χ0n) is 15.1. The van der Waals surface area contributed by atoms with Crippen LogP contribution in [0.25, 0.3) is 0 Å². The molecule has 156 valence electrons. The highest BCUT2D eigenvalue weighted by Crippen LogP contribution is 2.23. The van der Waals surface area contributed by atoms with Crippen molar-refractivity contribution in [2.75, 3.05) is 0 Å². The zero-order chi connectivity index (χ0) is 21.7. The molecule has 0 aromatic heterocycles. The lowest BCUT2D eigenvalue weighted by Gasteiger charge is -2.07. The van der Waals surface area contributed by atoms with Crippen LogP contribution in [0.3, 0.4) is 0 Å². The summed E-state index contributed by atoms with van der Waals surface area (Å²) in [5, 5.41) is 18.8. The van der Waals surface area contributed by atoms with Crippen molar-refractivity contribution in [3.63, 3.8) is 0 Å². The molecule has 0 aliphatic carbocycles. The number of nitrogens with one attached hydrogen (secondary N) is 1. The van der Waals surface area contributed by atoms with Gasteiger partial charge in [-0.3, -0.25) is 9.59 Å². The fraction of sp³-hybridized carbons (Fsp3) is 0.111. The van der Waals surface area contributed by atoms with Gasteiger partial charge in [-0.1, -0.05) is 23.4 Å². The Morgan fingerprint density at radius 3 is 2.50 bits per heavy atom. The number of thioether (sulfide) groups is 1. The van der Waals surface area contributed by atoms with Gasteiger partial charge in [0.2, 0.25) is 5.91 Å². The molecular weight excluding hydrogens is 454 g/mol. The van der Waals surface area contributed by atoms with Crippen LogP contribution in [0.15, 0.2) is 63.6 Å². The lowest BCUT2D eigenvalue weighted by atomic mass is 10.2. The van der Waals surface area contributed by atoms with Crippen molar-refractivity contribution >= 4 is 56.7 Å². The van der Waals surface area contributed by atoms with E-state index in [1.54, 1.807) is 12.1 Å². The summed E-state index contributed by atoms with van der Waals surface area (Å²) in [6, 6.07) is 11.7. The Labute approximate surface area is 180 Å². The predicted molar refractivity (Wildman–Crippen MR) is 113 cm³/mol. The molecule has 30 heavy (non-hydrogen) atoms. The maximum Gasteiger partial charge on any atom is 0.339 e. The molecule has 1 amide bonds. The third-order valence-corrected chi connectivity index (χ3v) is 6.27. The summed E-state index contributed by atoms with van der Waals surface area (Å²) in [5.41, 5.74) is 0.604. The summed E-state index contributed by atoms with van der Waals surface area (Å²) < 4.78 is 29.6. The van der Waals surface area contributed by atoms with Crippen molar-refractivity contribution in [3.8, 4) is 5.75 Å². The molecule has 1 aliphatic rings. The van der Waals surface area contributed by atoms with E-state index in [0.717, 1.165) is 11.8 Å². The first-order valence-corrected chi connectivity index (χ1v) is 11.0. The lowest BCUT2D eigenvalue weighted by molar-refractivity contribution is -0.138. The monoisotopic (exact) mass is 467 g/mol. The molecule has 2 N–H and O–H groups in total. The maximum atomic E-state index is 12.3. The molecule has 3 rings (SSSR count). The van der Waals surface area contributed by atoms with Crippen molar-refractivity contribution < 1.29 is 27.3 Å². The van der Waals surface area contributed by atoms with Crippen LogP contribution in [0.2, 0.25) is 5.02 Å². The minimum Gasteiger partial charge on any atom is -0.481 e. The topological polar surface area (TPSA) is 134 Å². The van der Waals surface area contributed by atoms with Crippen LogP contribution < -0.4 is 9.50 Å². The molecule has 0 bridgehead atoms. The number of hydrogen-bond donors (Lipinski definition) is 2. The molecule has 2 aromatic rings. The van der Waals surface area contributed by atoms with Gasteiger partial charge >= 0.3 is 16.1 Å². The molecule has 1 heterocycles. The molecule has 2 aromatic carbocycles. The second kappa shape index (κ2) is 9.28. The minimum absolute atomic E-state index is 0.0225. The van der Waals surface area contributed by atoms with E-state index in [9.17, 15) is 18.0 Å². The maximum absolute atomic E-state index is 12.3. The van der Waals surface area contributed by atoms with E-state index in [-0.39, 0.29) is 22.2 Å². The van der Waals surface area contributed by atoms with E-state index < -0.39 is 27.2 Å². The highest BCUT2D eigenvalue weighted by molar-refractivity contribution is 8.15. The number of aliphatic carboxylic acids is 1. The first kappa shape index (κ1) is 21.8. The molecule has 12 heteroatoms. The first-order chi connectivity index (χ1) is 14.2. The summed E-state index contributed by atoms with van der Waals surface area (Å²) >= 11 is 6.74. The number of amidine groups is 1. The molecule has 0 saturated carbocycles. The van der Waals surface area contributed by atoms with Gasteiger partial charge in [0.25, 0.3) is 0 Å². The lowest BCUT2D eigenvalue weighted by Crippen LogP contribution is -2.26. The standard InChI is InChI=1S/C18H14ClN3O6S2/c19-12-3-7-14(8-4-12)30(26,27)28-13-5-1-11(2-6-13)10-20-22-18-21-17(25)15(29-18)9-16(23)24/h1-8,10,15H,9H2,(H,23,24)(H,21,22,25)/b20-10-/t15-/m1/s1. The van der Waals surface area contributed by atoms with Crippen molar-refractivity contribution in [1.29, 1.82) is 0 Å². The van der Waals surface area contributed by atoms with Crippen molar-refractivity contribution in [3.05, 3.63) is 59.1 Å². The van der Waals surface area contributed by atoms with E-state index in [4.69, 9.17) is 20.9 Å². The number of halogens is 1. The van der Waals surface area contributed by atoms with Crippen LogP contribution in [0, 0.1) is 0 Å². The summed E-state index contributed by atoms with van der Waals surface area (Å²) in [6.07, 6.45) is 1.08. The van der Waals surface area contributed by atoms with Crippen LogP contribution in [0.1, 0.15) is 12.0 Å². The highest BCUT2D eigenvalue weighted by atomic mass is 35.5. The minimum atomic E-state index is -3.99. The number of nitrogens with zero attached hydrogens (tertiary/aromatic N) is 2. The number of carbonyl (C=O) groups is 2. The van der Waals surface area contributed by atoms with Gasteiger partial charge in [-0.25, -0.2) is 0 Å². The smallest absolute Gasteiger partial charge is 0.339 e. The van der Waals surface area contributed by atoms with E-state index >= 15 is 0 Å². The number of rotatable bonds is 7. The van der Waals surface area contributed by atoms with Gasteiger partial charge in [0.05, 0.1) is 12.6 Å². The first-order valence-electron chi connectivity index (χ1n) is 8.33. The average molecular weight is 468 g/mol.